The number of benzene rings is 9. The number of rotatable bonds is 5. The average molecular weight is 742 g/mol. The molecule has 0 bridgehead atoms. The molecule has 0 aliphatic rings. The van der Waals surface area contributed by atoms with E-state index < -0.39 is 0 Å². The lowest BCUT2D eigenvalue weighted by molar-refractivity contribution is 0.623. The molecule has 12 rings (SSSR count). The molecule has 12 aromatic rings. The van der Waals surface area contributed by atoms with Gasteiger partial charge in [0.05, 0.1) is 11.0 Å². The van der Waals surface area contributed by atoms with E-state index >= 15 is 0 Å². The maximum absolute atomic E-state index is 6.61. The van der Waals surface area contributed by atoms with E-state index in [1.54, 1.807) is 0 Å². The Balaban J connectivity index is 1.10. The highest BCUT2D eigenvalue weighted by Crippen LogP contribution is 2.41. The summed E-state index contributed by atoms with van der Waals surface area (Å²) in [5.74, 6) is 2.43. The summed E-state index contributed by atoms with van der Waals surface area (Å²) in [4.78, 5) is 20.5. The average Bonchev–Trinajstić information content (AvgIpc) is 3.89. The number of oxazole rings is 1. The molecule has 0 saturated carbocycles. The van der Waals surface area contributed by atoms with Crippen LogP contribution in [-0.4, -0.2) is 24.5 Å². The predicted octanol–water partition coefficient (Wildman–Crippen LogP) is 13.2. The van der Waals surface area contributed by atoms with Crippen LogP contribution in [0.2, 0.25) is 0 Å². The summed E-state index contributed by atoms with van der Waals surface area (Å²) >= 11 is 0. The number of nitrogens with zero attached hydrogens (tertiary/aromatic N) is 5. The first-order chi connectivity index (χ1) is 28.7. The molecule has 58 heavy (non-hydrogen) atoms. The van der Waals surface area contributed by atoms with Crippen LogP contribution in [0.4, 0.5) is 0 Å². The van der Waals surface area contributed by atoms with Gasteiger partial charge >= 0.3 is 0 Å². The van der Waals surface area contributed by atoms with Gasteiger partial charge in [-0.15, -0.1) is 0 Å². The second-order valence-corrected chi connectivity index (χ2v) is 14.6. The van der Waals surface area contributed by atoms with E-state index in [-0.39, 0.29) is 0 Å². The van der Waals surface area contributed by atoms with Crippen LogP contribution in [0.25, 0.3) is 117 Å². The second kappa shape index (κ2) is 12.8. The van der Waals surface area contributed by atoms with E-state index in [1.165, 1.54) is 10.8 Å². The van der Waals surface area contributed by atoms with Crippen LogP contribution < -0.4 is 0 Å². The zero-order valence-corrected chi connectivity index (χ0v) is 31.0. The van der Waals surface area contributed by atoms with Crippen molar-refractivity contribution in [1.82, 2.24) is 24.5 Å². The van der Waals surface area contributed by atoms with Crippen molar-refractivity contribution in [2.45, 2.75) is 0 Å². The molecule has 6 heteroatoms. The van der Waals surface area contributed by atoms with Crippen molar-refractivity contribution in [3.8, 4) is 51.3 Å². The van der Waals surface area contributed by atoms with E-state index in [9.17, 15) is 0 Å². The Morgan fingerprint density at radius 2 is 0.983 bits per heavy atom. The summed E-state index contributed by atoms with van der Waals surface area (Å²) in [5, 5.41) is 8.84. The third kappa shape index (κ3) is 5.05. The van der Waals surface area contributed by atoms with Crippen LogP contribution in [0.1, 0.15) is 0 Å². The Labute approximate surface area is 332 Å². The van der Waals surface area contributed by atoms with Crippen molar-refractivity contribution in [3.63, 3.8) is 0 Å². The molecule has 0 aliphatic carbocycles. The predicted molar refractivity (Wildman–Crippen MR) is 236 cm³/mol. The molecule has 0 saturated heterocycles. The summed E-state index contributed by atoms with van der Waals surface area (Å²) in [6, 6.07) is 65.1. The number of aromatic nitrogens is 5. The SMILES string of the molecule is c1ccc(-c2nc(-c3ccc4c5ccccc5n(-c5ccccc5)c4c3)nc(-c3cccc4c3ccc3ccc5ccc6nc(-c7ccccc7)oc6c5c34)n2)cc1. The normalized spacial score (nSPS) is 11.8. The summed E-state index contributed by atoms with van der Waals surface area (Å²) in [6.45, 7) is 0. The summed E-state index contributed by atoms with van der Waals surface area (Å²) < 4.78 is 8.93. The van der Waals surface area contributed by atoms with Crippen molar-refractivity contribution >= 4 is 65.2 Å². The molecule has 9 aromatic carbocycles. The third-order valence-corrected chi connectivity index (χ3v) is 11.3. The first kappa shape index (κ1) is 32.3. The highest BCUT2D eigenvalue weighted by atomic mass is 16.3. The highest BCUT2D eigenvalue weighted by Gasteiger charge is 2.20. The van der Waals surface area contributed by atoms with E-state index in [1.807, 2.05) is 54.6 Å². The number of hydrogen-bond acceptors (Lipinski definition) is 5. The van der Waals surface area contributed by atoms with Crippen LogP contribution in [0.5, 0.6) is 0 Å². The van der Waals surface area contributed by atoms with Crippen molar-refractivity contribution in [2.24, 2.45) is 0 Å². The Kier molecular flexibility index (Phi) is 7.13. The summed E-state index contributed by atoms with van der Waals surface area (Å²) in [7, 11) is 0. The molecule has 3 aromatic heterocycles. The van der Waals surface area contributed by atoms with Crippen molar-refractivity contribution < 1.29 is 4.42 Å². The van der Waals surface area contributed by atoms with Crippen LogP contribution in [-0.2, 0) is 0 Å². The molecular weight excluding hydrogens is 711 g/mol. The third-order valence-electron chi connectivity index (χ3n) is 11.3. The molecule has 0 amide bonds. The molecule has 0 unspecified atom stereocenters. The molecule has 270 valence electrons. The molecular formula is C52H31N5O. The molecule has 0 fully saturated rings. The van der Waals surface area contributed by atoms with Gasteiger partial charge in [0.1, 0.15) is 5.52 Å². The largest absolute Gasteiger partial charge is 0.435 e. The maximum atomic E-state index is 6.61. The van der Waals surface area contributed by atoms with Crippen LogP contribution in [0, 0.1) is 0 Å². The van der Waals surface area contributed by atoms with Gasteiger partial charge in [-0.05, 0) is 64.0 Å². The van der Waals surface area contributed by atoms with Gasteiger partial charge in [0.2, 0.25) is 5.89 Å². The minimum absolute atomic E-state index is 0.605. The van der Waals surface area contributed by atoms with Crippen molar-refractivity contribution in [3.05, 3.63) is 188 Å². The fourth-order valence-electron chi connectivity index (χ4n) is 8.58. The van der Waals surface area contributed by atoms with Gasteiger partial charge in [-0.25, -0.2) is 19.9 Å². The molecule has 3 heterocycles. The lowest BCUT2D eigenvalue weighted by Crippen LogP contribution is -2.01. The smallest absolute Gasteiger partial charge is 0.227 e. The Morgan fingerprint density at radius 3 is 1.79 bits per heavy atom. The molecule has 0 radical (unpaired) electrons. The van der Waals surface area contributed by atoms with Crippen LogP contribution >= 0.6 is 0 Å². The monoisotopic (exact) mass is 741 g/mol. The second-order valence-electron chi connectivity index (χ2n) is 14.6. The van der Waals surface area contributed by atoms with Crippen LogP contribution in [0.15, 0.2) is 192 Å². The van der Waals surface area contributed by atoms with Crippen molar-refractivity contribution in [2.75, 3.05) is 0 Å². The molecule has 0 atom stereocenters. The molecule has 6 nitrogen and oxygen atoms in total. The first-order valence-corrected chi connectivity index (χ1v) is 19.4. The van der Waals surface area contributed by atoms with E-state index in [2.05, 4.69) is 138 Å². The fraction of sp³-hybridized carbons (Fsp3) is 0. The summed E-state index contributed by atoms with van der Waals surface area (Å²) in [5.41, 5.74) is 8.63. The number of hydrogen-bond donors (Lipinski definition) is 0. The first-order valence-electron chi connectivity index (χ1n) is 19.4. The Hall–Kier alpha value is -7.96. The zero-order valence-electron chi connectivity index (χ0n) is 31.0. The molecule has 0 aliphatic heterocycles. The van der Waals surface area contributed by atoms with E-state index in [4.69, 9.17) is 24.4 Å². The minimum atomic E-state index is 0.605. The quantitative estimate of drug-likeness (QED) is 0.164. The Bertz CT molecular complexity index is 3560. The van der Waals surface area contributed by atoms with Crippen LogP contribution in [0.3, 0.4) is 0 Å². The van der Waals surface area contributed by atoms with Gasteiger partial charge < -0.3 is 8.98 Å². The molecule has 0 spiro atoms. The Morgan fingerprint density at radius 1 is 0.379 bits per heavy atom. The van der Waals surface area contributed by atoms with E-state index in [0.29, 0.717) is 23.4 Å². The fourth-order valence-corrected chi connectivity index (χ4v) is 8.58. The standard InChI is InChI=1S/C52H31N5O/c1-4-13-34(14-5-1)49-54-50(36-26-29-40-39-19-10-11-22-44(39)57(45(40)31-36)37-17-8-3-9-18-37)56-51(55-49)42-21-12-20-41-38(42)28-25-32-23-24-33-27-30-43-48(47(33)46(32)41)58-52(53-43)35-15-6-2-7-16-35/h1-31H. The highest BCUT2D eigenvalue weighted by molar-refractivity contribution is 6.27. The summed E-state index contributed by atoms with van der Waals surface area (Å²) in [6.07, 6.45) is 0. The van der Waals surface area contributed by atoms with Gasteiger partial charge in [-0.1, -0.05) is 146 Å². The topological polar surface area (TPSA) is 69.6 Å². The van der Waals surface area contributed by atoms with Gasteiger partial charge in [0.15, 0.2) is 23.1 Å². The van der Waals surface area contributed by atoms with Gasteiger partial charge in [0, 0.05) is 49.5 Å². The van der Waals surface area contributed by atoms with E-state index in [0.717, 1.165) is 82.4 Å². The van der Waals surface area contributed by atoms with Gasteiger partial charge in [0.25, 0.3) is 0 Å². The van der Waals surface area contributed by atoms with Gasteiger partial charge in [-0.2, -0.15) is 0 Å². The molecule has 0 N–H and O–H groups in total. The van der Waals surface area contributed by atoms with Gasteiger partial charge in [-0.3, -0.25) is 0 Å². The lowest BCUT2D eigenvalue weighted by atomic mass is 9.93. The lowest BCUT2D eigenvalue weighted by Gasteiger charge is -2.13. The number of para-hydroxylation sites is 2. The number of fused-ring (bicyclic) bond motifs is 10. The zero-order chi connectivity index (χ0) is 38.2. The van der Waals surface area contributed by atoms with Crippen molar-refractivity contribution in [1.29, 1.82) is 0 Å². The minimum Gasteiger partial charge on any atom is -0.435 e. The maximum Gasteiger partial charge on any atom is 0.227 e.